The van der Waals surface area contributed by atoms with Crippen molar-refractivity contribution in [3.63, 3.8) is 0 Å². The summed E-state index contributed by atoms with van der Waals surface area (Å²) in [5, 5.41) is 17.9. The van der Waals surface area contributed by atoms with E-state index in [1.54, 1.807) is 35.4 Å². The molecule has 0 bridgehead atoms. The Morgan fingerprint density at radius 2 is 1.89 bits per heavy atom. The summed E-state index contributed by atoms with van der Waals surface area (Å²) in [4.78, 5) is 37.8. The molecule has 2 aromatic carbocycles. The van der Waals surface area contributed by atoms with E-state index in [1.807, 2.05) is 17.1 Å². The topological polar surface area (TPSA) is 115 Å². The Bertz CT molecular complexity index is 1150. The van der Waals surface area contributed by atoms with Gasteiger partial charge in [0.2, 0.25) is 11.8 Å². The Hall–Kier alpha value is -3.99. The van der Waals surface area contributed by atoms with Gasteiger partial charge >= 0.3 is 6.09 Å². The number of piperazine rings is 1. The minimum Gasteiger partial charge on any atom is -0.442 e. The number of benzene rings is 2. The van der Waals surface area contributed by atoms with Crippen LogP contribution in [0.4, 0.5) is 14.9 Å². The SMILES string of the molecule is CC(=O)NC[C@H]1CN(c2ccc(-c3ccc(C=NN4CCN(C(=O)CO)CC4)cc3)c(F)c2)C(=O)O1. The molecule has 4 rings (SSSR count). The predicted molar refractivity (Wildman–Crippen MR) is 131 cm³/mol. The third-order valence-electron chi connectivity index (χ3n) is 6.05. The van der Waals surface area contributed by atoms with Crippen molar-refractivity contribution in [1.82, 2.24) is 15.2 Å². The molecule has 0 saturated carbocycles. The zero-order valence-electron chi connectivity index (χ0n) is 19.9. The lowest BCUT2D eigenvalue weighted by Gasteiger charge is -2.32. The number of nitrogens with zero attached hydrogens (tertiary/aromatic N) is 4. The number of hydrogen-bond donors (Lipinski definition) is 2. The molecule has 10 nitrogen and oxygen atoms in total. The van der Waals surface area contributed by atoms with Crippen molar-refractivity contribution in [2.45, 2.75) is 13.0 Å². The average molecular weight is 498 g/mol. The van der Waals surface area contributed by atoms with E-state index in [0.717, 1.165) is 5.56 Å². The number of ether oxygens (including phenoxy) is 1. The van der Waals surface area contributed by atoms with Crippen molar-refractivity contribution < 1.29 is 28.6 Å². The summed E-state index contributed by atoms with van der Waals surface area (Å²) in [6.07, 6.45) is 0.635. The highest BCUT2D eigenvalue weighted by molar-refractivity contribution is 5.90. The minimum atomic E-state index is -0.581. The smallest absolute Gasteiger partial charge is 0.414 e. The van der Waals surface area contributed by atoms with Gasteiger partial charge in [0.1, 0.15) is 18.5 Å². The number of anilines is 1. The second-order valence-corrected chi connectivity index (χ2v) is 8.58. The van der Waals surface area contributed by atoms with Gasteiger partial charge in [-0.15, -0.1) is 0 Å². The lowest BCUT2D eigenvalue weighted by molar-refractivity contribution is -0.135. The maximum atomic E-state index is 15.0. The third kappa shape index (κ3) is 5.98. The number of hydrazone groups is 1. The first-order valence-electron chi connectivity index (χ1n) is 11.6. The van der Waals surface area contributed by atoms with Crippen molar-refractivity contribution in [3.8, 4) is 11.1 Å². The highest BCUT2D eigenvalue weighted by atomic mass is 19.1. The quantitative estimate of drug-likeness (QED) is 0.560. The summed E-state index contributed by atoms with van der Waals surface area (Å²) in [6, 6.07) is 11.8. The summed E-state index contributed by atoms with van der Waals surface area (Å²) in [5.41, 5.74) is 2.31. The van der Waals surface area contributed by atoms with Crippen molar-refractivity contribution in [2.24, 2.45) is 5.10 Å². The predicted octanol–water partition coefficient (Wildman–Crippen LogP) is 1.42. The van der Waals surface area contributed by atoms with Crippen molar-refractivity contribution in [3.05, 3.63) is 53.8 Å². The standard InChI is InChI=1S/C25H28FN5O5/c1-17(33)27-14-21-15-31(25(35)36-21)20-6-7-22(23(26)12-20)19-4-2-18(3-5-19)13-28-30-10-8-29(9-11-30)24(34)16-32/h2-7,12-13,21,32H,8-11,14-16H2,1H3,(H,27,33)/t21-/m0/s1. The van der Waals surface area contributed by atoms with Crippen LogP contribution in [0, 0.1) is 5.82 Å². The zero-order valence-corrected chi connectivity index (χ0v) is 19.9. The molecule has 190 valence electrons. The fraction of sp³-hybridized carbons (Fsp3) is 0.360. The van der Waals surface area contributed by atoms with E-state index >= 15 is 0 Å². The van der Waals surface area contributed by atoms with Crippen LogP contribution in [0.25, 0.3) is 11.1 Å². The van der Waals surface area contributed by atoms with Gasteiger partial charge in [0.05, 0.1) is 38.1 Å². The summed E-state index contributed by atoms with van der Waals surface area (Å²) in [5.74, 6) is -0.963. The van der Waals surface area contributed by atoms with Crippen LogP contribution in [0.5, 0.6) is 0 Å². The molecule has 11 heteroatoms. The summed E-state index contributed by atoms with van der Waals surface area (Å²) < 4.78 is 20.2. The summed E-state index contributed by atoms with van der Waals surface area (Å²) in [7, 11) is 0. The molecule has 36 heavy (non-hydrogen) atoms. The van der Waals surface area contributed by atoms with E-state index in [1.165, 1.54) is 17.9 Å². The Morgan fingerprint density at radius 3 is 2.53 bits per heavy atom. The second kappa shape index (κ2) is 11.2. The lowest BCUT2D eigenvalue weighted by atomic mass is 10.0. The van der Waals surface area contributed by atoms with E-state index in [9.17, 15) is 18.8 Å². The molecular formula is C25H28FN5O5. The number of aliphatic hydroxyl groups is 1. The maximum absolute atomic E-state index is 15.0. The largest absolute Gasteiger partial charge is 0.442 e. The van der Waals surface area contributed by atoms with Crippen LogP contribution in [0.2, 0.25) is 0 Å². The number of hydrogen-bond acceptors (Lipinski definition) is 7. The van der Waals surface area contributed by atoms with Crippen molar-refractivity contribution in [2.75, 3.05) is 50.8 Å². The van der Waals surface area contributed by atoms with Crippen LogP contribution in [-0.2, 0) is 14.3 Å². The van der Waals surface area contributed by atoms with E-state index in [4.69, 9.17) is 9.84 Å². The molecule has 0 radical (unpaired) electrons. The maximum Gasteiger partial charge on any atom is 0.414 e. The van der Waals surface area contributed by atoms with Gasteiger partial charge in [0.25, 0.3) is 0 Å². The molecular weight excluding hydrogens is 469 g/mol. The molecule has 2 saturated heterocycles. The Balaban J connectivity index is 1.36. The number of rotatable bonds is 7. The Morgan fingerprint density at radius 1 is 1.17 bits per heavy atom. The number of carbonyl (C=O) groups excluding carboxylic acids is 3. The fourth-order valence-corrected chi connectivity index (χ4v) is 4.06. The van der Waals surface area contributed by atoms with Gasteiger partial charge in [-0.05, 0) is 29.3 Å². The fourth-order valence-electron chi connectivity index (χ4n) is 4.06. The van der Waals surface area contributed by atoms with Gasteiger partial charge in [-0.2, -0.15) is 5.10 Å². The number of aliphatic hydroxyl groups excluding tert-OH is 1. The van der Waals surface area contributed by atoms with E-state index in [2.05, 4.69) is 10.4 Å². The van der Waals surface area contributed by atoms with E-state index in [-0.39, 0.29) is 24.9 Å². The van der Waals surface area contributed by atoms with Crippen LogP contribution in [0.3, 0.4) is 0 Å². The van der Waals surface area contributed by atoms with E-state index in [0.29, 0.717) is 43.0 Å². The lowest BCUT2D eigenvalue weighted by Crippen LogP contribution is -2.47. The highest BCUT2D eigenvalue weighted by Gasteiger charge is 2.32. The number of halogens is 1. The molecule has 2 heterocycles. The Labute approximate surface area is 207 Å². The number of cyclic esters (lactones) is 1. The molecule has 2 aliphatic heterocycles. The van der Waals surface area contributed by atoms with Crippen LogP contribution in [-0.4, -0.2) is 91.1 Å². The van der Waals surface area contributed by atoms with Crippen molar-refractivity contribution in [1.29, 1.82) is 0 Å². The van der Waals surface area contributed by atoms with Crippen molar-refractivity contribution >= 4 is 29.8 Å². The van der Waals surface area contributed by atoms with Crippen LogP contribution in [0.1, 0.15) is 12.5 Å². The van der Waals surface area contributed by atoms with Crippen LogP contribution in [0.15, 0.2) is 47.6 Å². The summed E-state index contributed by atoms with van der Waals surface area (Å²) >= 11 is 0. The first-order chi connectivity index (χ1) is 17.3. The minimum absolute atomic E-state index is 0.202. The number of carbonyl (C=O) groups is 3. The van der Waals surface area contributed by atoms with Gasteiger partial charge in [-0.3, -0.25) is 19.5 Å². The first kappa shape index (κ1) is 25.1. The Kier molecular flexibility index (Phi) is 7.79. The molecule has 0 aromatic heterocycles. The van der Waals surface area contributed by atoms with E-state index < -0.39 is 24.6 Å². The van der Waals surface area contributed by atoms with Gasteiger partial charge in [-0.1, -0.05) is 24.3 Å². The molecule has 2 aromatic rings. The average Bonchev–Trinajstić information content (AvgIpc) is 3.27. The number of nitrogens with one attached hydrogen (secondary N) is 1. The monoisotopic (exact) mass is 497 g/mol. The first-order valence-corrected chi connectivity index (χ1v) is 11.6. The molecule has 2 fully saturated rings. The van der Waals surface area contributed by atoms with Gasteiger partial charge in [-0.25, -0.2) is 9.18 Å². The third-order valence-corrected chi connectivity index (χ3v) is 6.05. The zero-order chi connectivity index (χ0) is 25.7. The molecule has 0 spiro atoms. The van der Waals surface area contributed by atoms with Gasteiger partial charge in [0, 0.05) is 25.6 Å². The van der Waals surface area contributed by atoms with Gasteiger partial charge < -0.3 is 20.1 Å². The van der Waals surface area contributed by atoms with Gasteiger partial charge in [0.15, 0.2) is 0 Å². The molecule has 0 unspecified atom stereocenters. The van der Waals surface area contributed by atoms with Crippen LogP contribution >= 0.6 is 0 Å². The van der Waals surface area contributed by atoms with Crippen LogP contribution < -0.4 is 10.2 Å². The normalized spacial score (nSPS) is 18.0. The second-order valence-electron chi connectivity index (χ2n) is 8.58. The molecule has 2 aliphatic rings. The molecule has 3 amide bonds. The number of amides is 3. The molecule has 2 N–H and O–H groups in total. The summed E-state index contributed by atoms with van der Waals surface area (Å²) in [6.45, 7) is 3.50. The highest BCUT2D eigenvalue weighted by Crippen LogP contribution is 2.29. The molecule has 1 atom stereocenters. The molecule has 0 aliphatic carbocycles.